The zero-order valence-electron chi connectivity index (χ0n) is 13.0. The lowest BCUT2D eigenvalue weighted by molar-refractivity contribution is -0.128. The van der Waals surface area contributed by atoms with Crippen molar-refractivity contribution in [2.75, 3.05) is 7.05 Å². The standard InChI is InChI=1S/C17H17FN4O/c1-17(10-14(23)22(2)16(19)21-17)12-6-3-5-11(9-12)13-7-4-8-20-15(13)18/h3-9H,10H2,1-2H3,(H2,19,21). The Morgan fingerprint density at radius 1 is 1.30 bits per heavy atom. The minimum absolute atomic E-state index is 0.0991. The zero-order valence-corrected chi connectivity index (χ0v) is 13.0. The highest BCUT2D eigenvalue weighted by Gasteiger charge is 2.36. The number of carbonyl (C=O) groups excluding carboxylic acids is 1. The number of nitrogens with zero attached hydrogens (tertiary/aromatic N) is 3. The summed E-state index contributed by atoms with van der Waals surface area (Å²) in [5.41, 5.74) is 6.99. The first-order valence-electron chi connectivity index (χ1n) is 7.24. The lowest BCUT2D eigenvalue weighted by Crippen LogP contribution is -2.47. The summed E-state index contributed by atoms with van der Waals surface area (Å²) in [7, 11) is 1.60. The number of amides is 1. The first-order chi connectivity index (χ1) is 10.9. The topological polar surface area (TPSA) is 71.6 Å². The van der Waals surface area contributed by atoms with E-state index in [1.807, 2.05) is 25.1 Å². The Morgan fingerprint density at radius 2 is 2.09 bits per heavy atom. The predicted octanol–water partition coefficient (Wildman–Crippen LogP) is 2.28. The molecule has 2 aromatic rings. The van der Waals surface area contributed by atoms with Crippen LogP contribution in [0.2, 0.25) is 0 Å². The van der Waals surface area contributed by atoms with Crippen LogP contribution in [0.4, 0.5) is 4.39 Å². The maximum absolute atomic E-state index is 13.9. The van der Waals surface area contributed by atoms with Crippen LogP contribution in [0.25, 0.3) is 11.1 Å². The van der Waals surface area contributed by atoms with Gasteiger partial charge in [0.2, 0.25) is 11.9 Å². The quantitative estimate of drug-likeness (QED) is 0.865. The highest BCUT2D eigenvalue weighted by Crippen LogP contribution is 2.35. The van der Waals surface area contributed by atoms with Crippen molar-refractivity contribution in [3.8, 4) is 11.1 Å². The van der Waals surface area contributed by atoms with Crippen LogP contribution >= 0.6 is 0 Å². The summed E-state index contributed by atoms with van der Waals surface area (Å²) in [6, 6.07) is 10.7. The smallest absolute Gasteiger partial charge is 0.231 e. The van der Waals surface area contributed by atoms with E-state index in [4.69, 9.17) is 5.73 Å². The predicted molar refractivity (Wildman–Crippen MR) is 86.0 cm³/mol. The normalized spacial score (nSPS) is 21.3. The first kappa shape index (κ1) is 15.1. The fourth-order valence-corrected chi connectivity index (χ4v) is 2.70. The van der Waals surface area contributed by atoms with Gasteiger partial charge in [0, 0.05) is 18.8 Å². The van der Waals surface area contributed by atoms with Crippen molar-refractivity contribution >= 4 is 11.9 Å². The molecule has 2 N–H and O–H groups in total. The largest absolute Gasteiger partial charge is 0.369 e. The van der Waals surface area contributed by atoms with Gasteiger partial charge in [-0.25, -0.2) is 9.98 Å². The molecule has 1 unspecified atom stereocenters. The molecular formula is C17H17FN4O. The van der Waals surface area contributed by atoms with E-state index in [9.17, 15) is 9.18 Å². The number of aromatic nitrogens is 1. The molecule has 2 heterocycles. The molecule has 1 atom stereocenters. The molecule has 23 heavy (non-hydrogen) atoms. The SMILES string of the molecule is CN1C(=O)CC(C)(c2cccc(-c3cccnc3F)c2)N=C1N. The van der Waals surface area contributed by atoms with Crippen molar-refractivity contribution in [1.29, 1.82) is 0 Å². The number of rotatable bonds is 2. The lowest BCUT2D eigenvalue weighted by atomic mass is 9.86. The molecule has 1 aromatic heterocycles. The zero-order chi connectivity index (χ0) is 16.6. The summed E-state index contributed by atoms with van der Waals surface area (Å²) in [6.45, 7) is 1.85. The second-order valence-corrected chi connectivity index (χ2v) is 5.80. The molecule has 1 aliphatic heterocycles. The number of aliphatic imine (C=N–C) groups is 1. The summed E-state index contributed by atoms with van der Waals surface area (Å²) < 4.78 is 13.9. The van der Waals surface area contributed by atoms with E-state index in [0.717, 1.165) is 5.56 Å². The minimum Gasteiger partial charge on any atom is -0.369 e. The number of hydrogen-bond acceptors (Lipinski definition) is 4. The third kappa shape index (κ3) is 2.67. The second-order valence-electron chi connectivity index (χ2n) is 5.80. The Morgan fingerprint density at radius 3 is 2.78 bits per heavy atom. The molecule has 1 amide bonds. The van der Waals surface area contributed by atoms with Crippen LogP contribution in [0, 0.1) is 5.95 Å². The number of guanidine groups is 1. The van der Waals surface area contributed by atoms with Crippen LogP contribution < -0.4 is 5.73 Å². The van der Waals surface area contributed by atoms with Crippen molar-refractivity contribution < 1.29 is 9.18 Å². The van der Waals surface area contributed by atoms with Crippen LogP contribution in [0.15, 0.2) is 47.6 Å². The number of pyridine rings is 1. The maximum atomic E-state index is 13.9. The van der Waals surface area contributed by atoms with Gasteiger partial charge in [0.1, 0.15) is 0 Å². The van der Waals surface area contributed by atoms with Crippen LogP contribution in [0.5, 0.6) is 0 Å². The van der Waals surface area contributed by atoms with E-state index in [1.54, 1.807) is 25.2 Å². The van der Waals surface area contributed by atoms with Gasteiger partial charge >= 0.3 is 0 Å². The van der Waals surface area contributed by atoms with Gasteiger partial charge < -0.3 is 5.73 Å². The van der Waals surface area contributed by atoms with Crippen LogP contribution in [-0.4, -0.2) is 28.8 Å². The van der Waals surface area contributed by atoms with Crippen molar-refractivity contribution in [3.63, 3.8) is 0 Å². The molecular weight excluding hydrogens is 295 g/mol. The van der Waals surface area contributed by atoms with Crippen molar-refractivity contribution in [3.05, 3.63) is 54.1 Å². The third-order valence-corrected chi connectivity index (χ3v) is 4.13. The van der Waals surface area contributed by atoms with Gasteiger partial charge in [-0.1, -0.05) is 18.2 Å². The van der Waals surface area contributed by atoms with Crippen LogP contribution in [0.3, 0.4) is 0 Å². The summed E-state index contributed by atoms with van der Waals surface area (Å²) in [5.74, 6) is -0.447. The minimum atomic E-state index is -0.762. The van der Waals surface area contributed by atoms with Gasteiger partial charge in [-0.3, -0.25) is 9.69 Å². The maximum Gasteiger partial charge on any atom is 0.231 e. The van der Waals surface area contributed by atoms with Gasteiger partial charge in [-0.15, -0.1) is 0 Å². The number of benzene rings is 1. The first-order valence-corrected chi connectivity index (χ1v) is 7.24. The summed E-state index contributed by atoms with van der Waals surface area (Å²) in [4.78, 5) is 21.6. The number of nitrogens with two attached hydrogens (primary N) is 1. The second kappa shape index (κ2) is 5.46. The molecule has 0 radical (unpaired) electrons. The van der Waals surface area contributed by atoms with Gasteiger partial charge in [0.15, 0.2) is 5.96 Å². The molecule has 0 saturated heterocycles. The molecule has 0 spiro atoms. The van der Waals surface area contributed by atoms with Gasteiger partial charge in [-0.2, -0.15) is 4.39 Å². The highest BCUT2D eigenvalue weighted by atomic mass is 19.1. The monoisotopic (exact) mass is 312 g/mol. The van der Waals surface area contributed by atoms with E-state index in [0.29, 0.717) is 11.1 Å². The lowest BCUT2D eigenvalue weighted by Gasteiger charge is -2.33. The molecule has 0 aliphatic carbocycles. The van der Waals surface area contributed by atoms with E-state index >= 15 is 0 Å². The average molecular weight is 312 g/mol. The van der Waals surface area contributed by atoms with E-state index in [1.165, 1.54) is 11.1 Å². The molecule has 1 aliphatic rings. The molecule has 6 heteroatoms. The Labute approximate surface area is 133 Å². The van der Waals surface area contributed by atoms with Gasteiger partial charge in [0.05, 0.1) is 12.0 Å². The highest BCUT2D eigenvalue weighted by molar-refractivity contribution is 5.98. The van der Waals surface area contributed by atoms with E-state index in [-0.39, 0.29) is 18.3 Å². The summed E-state index contributed by atoms with van der Waals surface area (Å²) >= 11 is 0. The Balaban J connectivity index is 2.07. The molecule has 1 aromatic carbocycles. The fraction of sp³-hybridized carbons (Fsp3) is 0.235. The number of carbonyl (C=O) groups is 1. The number of halogens is 1. The van der Waals surface area contributed by atoms with Crippen molar-refractivity contribution in [2.24, 2.45) is 10.7 Å². The van der Waals surface area contributed by atoms with Gasteiger partial charge in [0.25, 0.3) is 0 Å². The van der Waals surface area contributed by atoms with Crippen molar-refractivity contribution in [1.82, 2.24) is 9.88 Å². The third-order valence-electron chi connectivity index (χ3n) is 4.13. The van der Waals surface area contributed by atoms with E-state index in [2.05, 4.69) is 9.98 Å². The Bertz CT molecular complexity index is 805. The molecule has 118 valence electrons. The molecule has 0 bridgehead atoms. The summed E-state index contributed by atoms with van der Waals surface area (Å²) in [6.07, 6.45) is 1.62. The Kier molecular flexibility index (Phi) is 3.60. The molecule has 5 nitrogen and oxygen atoms in total. The van der Waals surface area contributed by atoms with Crippen molar-refractivity contribution in [2.45, 2.75) is 18.9 Å². The van der Waals surface area contributed by atoms with Gasteiger partial charge in [-0.05, 0) is 36.2 Å². The molecule has 0 fully saturated rings. The molecule has 3 rings (SSSR count). The van der Waals surface area contributed by atoms with Crippen LogP contribution in [-0.2, 0) is 10.3 Å². The van der Waals surface area contributed by atoms with E-state index < -0.39 is 11.5 Å². The Hall–Kier alpha value is -2.76. The average Bonchev–Trinajstić information content (AvgIpc) is 2.53. The molecule has 0 saturated carbocycles. The van der Waals surface area contributed by atoms with Crippen LogP contribution in [0.1, 0.15) is 18.9 Å². The number of hydrogen-bond donors (Lipinski definition) is 1. The fourth-order valence-electron chi connectivity index (χ4n) is 2.70. The summed E-state index contributed by atoms with van der Waals surface area (Å²) in [5, 5.41) is 0.